The Bertz CT molecular complexity index is 1250. The van der Waals surface area contributed by atoms with Gasteiger partial charge in [0.05, 0.1) is 12.2 Å². The van der Waals surface area contributed by atoms with Crippen LogP contribution in [0.5, 0.6) is 0 Å². The first-order chi connectivity index (χ1) is 17.9. The van der Waals surface area contributed by atoms with Gasteiger partial charge >= 0.3 is 18.0 Å². The summed E-state index contributed by atoms with van der Waals surface area (Å²) < 4.78 is 102. The van der Waals surface area contributed by atoms with E-state index in [1.807, 2.05) is 12.1 Å². The Morgan fingerprint density at radius 3 is 2.00 bits per heavy atom. The Kier molecular flexibility index (Phi) is 5.80. The van der Waals surface area contributed by atoms with Crippen LogP contribution in [0.2, 0.25) is 0 Å². The third-order valence-corrected chi connectivity index (χ3v) is 9.14. The van der Waals surface area contributed by atoms with Crippen LogP contribution in [0.15, 0.2) is 47.5 Å². The van der Waals surface area contributed by atoms with Crippen LogP contribution in [0.4, 0.5) is 30.7 Å². The fourth-order valence-corrected chi connectivity index (χ4v) is 7.88. The van der Waals surface area contributed by atoms with E-state index in [-0.39, 0.29) is 11.5 Å². The van der Waals surface area contributed by atoms with E-state index in [2.05, 4.69) is 4.99 Å². The van der Waals surface area contributed by atoms with Gasteiger partial charge in [0, 0.05) is 18.5 Å². The summed E-state index contributed by atoms with van der Waals surface area (Å²) in [7, 11) is 0.791. The molecule has 0 spiro atoms. The number of halogens is 7. The van der Waals surface area contributed by atoms with Crippen LogP contribution in [0.3, 0.4) is 0 Å². The highest BCUT2D eigenvalue weighted by atomic mass is 19.4. The van der Waals surface area contributed by atoms with E-state index in [1.54, 1.807) is 12.1 Å². The largest absolute Gasteiger partial charge is 0.460 e. The van der Waals surface area contributed by atoms with Crippen molar-refractivity contribution >= 4 is 5.71 Å². The van der Waals surface area contributed by atoms with E-state index in [0.717, 1.165) is 49.1 Å². The highest BCUT2D eigenvalue weighted by molar-refractivity contribution is 6.07. The third-order valence-electron chi connectivity index (χ3n) is 9.14. The molecule has 5 aliphatic carbocycles. The number of fused-ring (bicyclic) bond motifs is 3. The molecule has 7 rings (SSSR count). The molecule has 4 bridgehead atoms. The number of alkyl halides is 7. The van der Waals surface area contributed by atoms with Crippen LogP contribution in [-0.2, 0) is 4.74 Å². The van der Waals surface area contributed by atoms with E-state index >= 15 is 0 Å². The Labute approximate surface area is 216 Å². The van der Waals surface area contributed by atoms with Gasteiger partial charge in [-0.1, -0.05) is 36.4 Å². The van der Waals surface area contributed by atoms with Crippen molar-refractivity contribution in [1.82, 2.24) is 0 Å². The summed E-state index contributed by atoms with van der Waals surface area (Å²) >= 11 is 0. The zero-order valence-electron chi connectivity index (χ0n) is 20.8. The van der Waals surface area contributed by atoms with E-state index in [1.165, 1.54) is 31.4 Å². The molecular weight excluding hydrogens is 511 g/mol. The number of benzene rings is 2. The second-order valence-electron chi connectivity index (χ2n) is 11.6. The maximum absolute atomic E-state index is 14.6. The smallest absolute Gasteiger partial charge is 0.374 e. The van der Waals surface area contributed by atoms with E-state index in [9.17, 15) is 30.7 Å². The Balaban J connectivity index is 1.32. The van der Waals surface area contributed by atoms with Gasteiger partial charge in [-0.25, -0.2) is 0 Å². The van der Waals surface area contributed by atoms with Crippen molar-refractivity contribution < 1.29 is 35.5 Å². The van der Waals surface area contributed by atoms with Crippen molar-refractivity contribution in [2.24, 2.45) is 22.7 Å². The van der Waals surface area contributed by atoms with Crippen molar-refractivity contribution in [3.63, 3.8) is 0 Å². The standard InChI is InChI=1S/C29H28F7NO/c1-37-25(27(30,31)28(32,33)29(34,35)36)19-6-7-22-23(11-19)20-4-2-3-5-21(20)24(22)15-38-26-12-16-8-17(13-26)10-18(9-16)14-26/h2-7,11,16-18,24H,8-10,12-15H2,1H3. The average molecular weight is 540 g/mol. The number of nitrogens with zero attached hydrogens (tertiary/aromatic N) is 1. The molecule has 0 radical (unpaired) electrons. The molecule has 1 atom stereocenters. The molecule has 5 aliphatic rings. The molecule has 38 heavy (non-hydrogen) atoms. The predicted octanol–water partition coefficient (Wildman–Crippen LogP) is 8.04. The fraction of sp³-hybridized carbons (Fsp3) is 0.552. The normalized spacial score (nSPS) is 30.5. The van der Waals surface area contributed by atoms with Crippen LogP contribution in [0, 0.1) is 17.8 Å². The molecule has 4 saturated carbocycles. The van der Waals surface area contributed by atoms with Crippen molar-refractivity contribution in [3.05, 3.63) is 59.2 Å². The van der Waals surface area contributed by atoms with Gasteiger partial charge in [-0.05, 0) is 84.6 Å². The Morgan fingerprint density at radius 1 is 0.842 bits per heavy atom. The van der Waals surface area contributed by atoms with Gasteiger partial charge in [-0.2, -0.15) is 30.7 Å². The lowest BCUT2D eigenvalue weighted by Crippen LogP contribution is -2.56. The Hall–Kier alpha value is -2.42. The van der Waals surface area contributed by atoms with Crippen LogP contribution in [0.1, 0.15) is 61.1 Å². The lowest BCUT2D eigenvalue weighted by atomic mass is 9.54. The monoisotopic (exact) mass is 539 g/mol. The second kappa shape index (κ2) is 8.54. The van der Waals surface area contributed by atoms with E-state index < -0.39 is 29.3 Å². The maximum Gasteiger partial charge on any atom is 0.460 e. The molecule has 1 unspecified atom stereocenters. The number of hydrogen-bond donors (Lipinski definition) is 0. The number of hydrogen-bond acceptors (Lipinski definition) is 2. The molecule has 2 nitrogen and oxygen atoms in total. The molecule has 4 fully saturated rings. The highest BCUT2D eigenvalue weighted by Crippen LogP contribution is 2.58. The molecule has 2 aromatic carbocycles. The summed E-state index contributed by atoms with van der Waals surface area (Å²) in [5, 5.41) is 0. The number of rotatable bonds is 6. The average Bonchev–Trinajstić information content (AvgIpc) is 3.14. The van der Waals surface area contributed by atoms with Crippen molar-refractivity contribution in [1.29, 1.82) is 0 Å². The minimum atomic E-state index is -6.44. The first-order valence-electron chi connectivity index (χ1n) is 13.0. The molecule has 0 amide bonds. The third kappa shape index (κ3) is 3.82. The topological polar surface area (TPSA) is 21.6 Å². The quantitative estimate of drug-likeness (QED) is 0.269. The molecule has 0 heterocycles. The van der Waals surface area contributed by atoms with Crippen molar-refractivity contribution in [2.75, 3.05) is 13.7 Å². The molecule has 2 aromatic rings. The summed E-state index contributed by atoms with van der Waals surface area (Å²) in [6.45, 7) is 0.395. The summed E-state index contributed by atoms with van der Waals surface area (Å²) in [6, 6.07) is 11.3. The van der Waals surface area contributed by atoms with Gasteiger partial charge in [0.1, 0.15) is 5.71 Å². The Morgan fingerprint density at radius 2 is 1.42 bits per heavy atom. The molecule has 0 aliphatic heterocycles. The van der Waals surface area contributed by atoms with E-state index in [4.69, 9.17) is 4.74 Å². The minimum absolute atomic E-state index is 0.139. The molecule has 0 N–H and O–H groups in total. The van der Waals surface area contributed by atoms with Gasteiger partial charge in [-0.15, -0.1) is 0 Å². The van der Waals surface area contributed by atoms with Crippen molar-refractivity contribution in [3.8, 4) is 11.1 Å². The summed E-state index contributed by atoms with van der Waals surface area (Å²) in [5.41, 5.74) is 0.729. The van der Waals surface area contributed by atoms with Crippen molar-refractivity contribution in [2.45, 2.75) is 68.1 Å². The SMILES string of the molecule is CN=C(c1ccc2c(c1)-c1ccccc1C2COC12CC3CC(CC(C3)C1)C2)C(F)(F)C(F)(F)C(F)(F)F. The molecule has 204 valence electrons. The number of ether oxygens (including phenoxy) is 1. The fourth-order valence-electron chi connectivity index (χ4n) is 7.88. The molecule has 0 saturated heterocycles. The molecule has 0 aromatic heterocycles. The van der Waals surface area contributed by atoms with Crippen LogP contribution in [-0.4, -0.2) is 43.0 Å². The van der Waals surface area contributed by atoms with E-state index in [0.29, 0.717) is 29.9 Å². The first-order valence-corrected chi connectivity index (χ1v) is 13.0. The lowest BCUT2D eigenvalue weighted by molar-refractivity contribution is -0.336. The molecular formula is C29H28F7NO. The zero-order valence-corrected chi connectivity index (χ0v) is 20.8. The van der Waals surface area contributed by atoms with Gasteiger partial charge < -0.3 is 4.74 Å². The van der Waals surface area contributed by atoms with Crippen LogP contribution in [0.25, 0.3) is 11.1 Å². The first kappa shape index (κ1) is 25.8. The second-order valence-corrected chi connectivity index (χ2v) is 11.6. The van der Waals surface area contributed by atoms with Crippen LogP contribution < -0.4 is 0 Å². The summed E-state index contributed by atoms with van der Waals surface area (Å²) in [6.07, 6.45) is 0.558. The van der Waals surface area contributed by atoms with Gasteiger partial charge in [0.2, 0.25) is 0 Å². The number of aliphatic imine (C=N–C) groups is 1. The summed E-state index contributed by atoms with van der Waals surface area (Å²) in [5.74, 6) is -9.91. The van der Waals surface area contributed by atoms with Crippen LogP contribution >= 0.6 is 0 Å². The minimum Gasteiger partial charge on any atom is -0.374 e. The van der Waals surface area contributed by atoms with Gasteiger partial charge in [0.25, 0.3) is 0 Å². The zero-order chi connectivity index (χ0) is 27.1. The summed E-state index contributed by atoms with van der Waals surface area (Å²) in [4.78, 5) is 3.21. The van der Waals surface area contributed by atoms with Gasteiger partial charge in [0.15, 0.2) is 0 Å². The van der Waals surface area contributed by atoms with Gasteiger partial charge in [-0.3, -0.25) is 4.99 Å². The lowest BCUT2D eigenvalue weighted by Gasteiger charge is -2.56. The molecule has 9 heteroatoms. The maximum atomic E-state index is 14.6. The highest BCUT2D eigenvalue weighted by Gasteiger charge is 2.75. The predicted molar refractivity (Wildman–Crippen MR) is 129 cm³/mol.